The van der Waals surface area contributed by atoms with Gasteiger partial charge in [0.1, 0.15) is 11.8 Å². The summed E-state index contributed by atoms with van der Waals surface area (Å²) in [5.74, 6) is 1.12. The molecule has 0 aromatic carbocycles. The summed E-state index contributed by atoms with van der Waals surface area (Å²) in [4.78, 5) is 38.6. The van der Waals surface area contributed by atoms with Gasteiger partial charge in [-0.05, 0) is 42.7 Å². The minimum Gasteiger partial charge on any atom is -0.467 e. The smallest absolute Gasteiger partial charge is 0.325 e. The second kappa shape index (κ2) is 9.21. The number of hydrogen-bond donors (Lipinski definition) is 2. The number of nitrogens with zero attached hydrogens (tertiary/aromatic N) is 4. The summed E-state index contributed by atoms with van der Waals surface area (Å²) in [6.45, 7) is 0.0257. The van der Waals surface area contributed by atoms with Crippen molar-refractivity contribution in [3.8, 4) is 0 Å². The Labute approximate surface area is 182 Å². The van der Waals surface area contributed by atoms with Crippen molar-refractivity contribution in [2.45, 2.75) is 31.5 Å². The summed E-state index contributed by atoms with van der Waals surface area (Å²) in [5.41, 5.74) is 0.688. The van der Waals surface area contributed by atoms with Crippen LogP contribution < -0.4 is 10.6 Å². The van der Waals surface area contributed by atoms with Crippen molar-refractivity contribution in [1.82, 2.24) is 30.1 Å². The Kier molecular flexibility index (Phi) is 6.21. The van der Waals surface area contributed by atoms with Crippen LogP contribution in [0.15, 0.2) is 47.2 Å². The molecule has 0 spiro atoms. The van der Waals surface area contributed by atoms with E-state index in [2.05, 4.69) is 20.8 Å². The van der Waals surface area contributed by atoms with Gasteiger partial charge in [-0.1, -0.05) is 6.07 Å². The number of amides is 4. The van der Waals surface area contributed by atoms with Crippen LogP contribution in [0.4, 0.5) is 4.79 Å². The van der Waals surface area contributed by atoms with Crippen LogP contribution in [0, 0.1) is 0 Å². The molecule has 0 radical (unpaired) electrons. The minimum atomic E-state index is -0.918. The number of furan rings is 1. The third kappa shape index (κ3) is 4.55. The molecule has 10 nitrogen and oxygen atoms in total. The van der Waals surface area contributed by atoms with Crippen molar-refractivity contribution in [3.05, 3.63) is 54.4 Å². The number of carbonyl (C=O) groups is 3. The van der Waals surface area contributed by atoms with Crippen molar-refractivity contribution in [1.29, 1.82) is 0 Å². The molecule has 11 heteroatoms. The van der Waals surface area contributed by atoms with Crippen LogP contribution in [0.2, 0.25) is 0 Å². The van der Waals surface area contributed by atoms with E-state index in [-0.39, 0.29) is 24.9 Å². The van der Waals surface area contributed by atoms with E-state index in [1.807, 2.05) is 35.1 Å². The number of carbonyl (C=O) groups excluding carboxylic acids is 3. The molecule has 1 aliphatic rings. The van der Waals surface area contributed by atoms with Gasteiger partial charge in [-0.25, -0.2) is 4.79 Å². The molecule has 2 atom stereocenters. The third-order valence-corrected chi connectivity index (χ3v) is 5.63. The normalized spacial score (nSPS) is 17.2. The fourth-order valence-corrected chi connectivity index (χ4v) is 3.93. The van der Waals surface area contributed by atoms with E-state index in [4.69, 9.17) is 4.42 Å². The van der Waals surface area contributed by atoms with Crippen molar-refractivity contribution in [2.24, 2.45) is 0 Å². The van der Waals surface area contributed by atoms with Gasteiger partial charge < -0.3 is 15.1 Å². The zero-order valence-corrected chi connectivity index (χ0v) is 17.7. The molecule has 1 saturated heterocycles. The monoisotopic (exact) mass is 442 g/mol. The molecule has 3 aromatic rings. The molecule has 0 bridgehead atoms. The second-order valence-electron chi connectivity index (χ2n) is 7.10. The number of fused-ring (bicyclic) bond motifs is 1. The van der Waals surface area contributed by atoms with Crippen LogP contribution in [0.5, 0.6) is 0 Å². The van der Waals surface area contributed by atoms with Gasteiger partial charge in [0.15, 0.2) is 11.5 Å². The predicted molar refractivity (Wildman–Crippen MR) is 113 cm³/mol. The lowest BCUT2D eigenvalue weighted by Crippen LogP contribution is -2.38. The molecule has 31 heavy (non-hydrogen) atoms. The molecule has 2 unspecified atom stereocenters. The van der Waals surface area contributed by atoms with Gasteiger partial charge in [0.2, 0.25) is 5.91 Å². The van der Waals surface area contributed by atoms with Crippen molar-refractivity contribution < 1.29 is 18.8 Å². The Morgan fingerprint density at radius 3 is 2.94 bits per heavy atom. The molecule has 1 fully saturated rings. The van der Waals surface area contributed by atoms with Crippen LogP contribution in [0.3, 0.4) is 0 Å². The molecule has 1 aliphatic heterocycles. The Hall–Kier alpha value is -3.34. The van der Waals surface area contributed by atoms with Crippen LogP contribution >= 0.6 is 11.8 Å². The number of thioether (sulfide) groups is 1. The van der Waals surface area contributed by atoms with Crippen LogP contribution in [0.1, 0.15) is 30.5 Å². The number of hydrogen-bond acceptors (Lipinski definition) is 7. The molecule has 2 N–H and O–H groups in total. The fourth-order valence-electron chi connectivity index (χ4n) is 3.46. The molecular formula is C20H22N6O4S. The molecule has 4 amide bonds. The highest BCUT2D eigenvalue weighted by molar-refractivity contribution is 7.98. The molecule has 4 rings (SSSR count). The van der Waals surface area contributed by atoms with E-state index >= 15 is 0 Å². The molecule has 162 valence electrons. The van der Waals surface area contributed by atoms with Crippen LogP contribution in [-0.2, 0) is 16.1 Å². The summed E-state index contributed by atoms with van der Waals surface area (Å²) in [7, 11) is 0. The number of rotatable bonds is 9. The van der Waals surface area contributed by atoms with Crippen molar-refractivity contribution in [3.63, 3.8) is 0 Å². The van der Waals surface area contributed by atoms with Crippen molar-refractivity contribution >= 4 is 35.3 Å². The second-order valence-corrected chi connectivity index (χ2v) is 8.08. The van der Waals surface area contributed by atoms with Gasteiger partial charge in [-0.15, -0.1) is 10.2 Å². The Morgan fingerprint density at radius 1 is 1.29 bits per heavy atom. The first-order valence-electron chi connectivity index (χ1n) is 9.79. The van der Waals surface area contributed by atoms with E-state index in [9.17, 15) is 14.4 Å². The Balaban J connectivity index is 1.43. The highest BCUT2D eigenvalue weighted by atomic mass is 32.2. The maximum Gasteiger partial charge on any atom is 0.325 e. The minimum absolute atomic E-state index is 0.0257. The average molecular weight is 443 g/mol. The lowest BCUT2D eigenvalue weighted by atomic mass is 10.1. The summed E-state index contributed by atoms with van der Waals surface area (Å²) < 4.78 is 7.04. The molecule has 4 heterocycles. The van der Waals surface area contributed by atoms with Gasteiger partial charge in [-0.2, -0.15) is 11.8 Å². The maximum atomic E-state index is 12.8. The van der Waals surface area contributed by atoms with Crippen LogP contribution in [0.25, 0.3) is 5.65 Å². The standard InChI is InChI=1S/C20H22N6O4S/c1-31-10-7-14(18-24-23-16-6-2-3-8-25(16)18)21-17(27)11-15-19(28)26(20(29)22-15)12-13-5-4-9-30-13/h2-6,8-9,14-15H,7,10-12H2,1H3,(H,21,27)(H,22,29). The summed E-state index contributed by atoms with van der Waals surface area (Å²) in [6.07, 6.45) is 5.79. The number of aromatic nitrogens is 3. The largest absolute Gasteiger partial charge is 0.467 e. The molecule has 0 aliphatic carbocycles. The first-order chi connectivity index (χ1) is 15.1. The lowest BCUT2D eigenvalue weighted by molar-refractivity contribution is -0.131. The summed E-state index contributed by atoms with van der Waals surface area (Å²) in [5, 5.41) is 13.9. The zero-order chi connectivity index (χ0) is 21.8. The van der Waals surface area contributed by atoms with Gasteiger partial charge in [0.05, 0.1) is 25.3 Å². The molecule has 3 aromatic heterocycles. The van der Waals surface area contributed by atoms with Gasteiger partial charge in [0, 0.05) is 6.20 Å². The van der Waals surface area contributed by atoms with Gasteiger partial charge in [0.25, 0.3) is 5.91 Å². The predicted octanol–water partition coefficient (Wildman–Crippen LogP) is 1.74. The van der Waals surface area contributed by atoms with E-state index in [0.29, 0.717) is 23.7 Å². The van der Waals surface area contributed by atoms with E-state index in [0.717, 1.165) is 10.7 Å². The lowest BCUT2D eigenvalue weighted by Gasteiger charge is -2.18. The average Bonchev–Trinajstić information content (AvgIpc) is 3.48. The first-order valence-corrected chi connectivity index (χ1v) is 11.2. The number of imide groups is 1. The zero-order valence-electron chi connectivity index (χ0n) is 16.9. The van der Waals surface area contributed by atoms with Gasteiger partial charge in [-0.3, -0.25) is 18.9 Å². The summed E-state index contributed by atoms with van der Waals surface area (Å²) in [6, 6.07) is 7.11. The van der Waals surface area contributed by atoms with E-state index < -0.39 is 18.0 Å². The molecule has 0 saturated carbocycles. The Morgan fingerprint density at radius 2 is 2.16 bits per heavy atom. The number of urea groups is 1. The molecular weight excluding hydrogens is 420 g/mol. The third-order valence-electron chi connectivity index (χ3n) is 4.99. The summed E-state index contributed by atoms with van der Waals surface area (Å²) >= 11 is 1.66. The van der Waals surface area contributed by atoms with Crippen molar-refractivity contribution in [2.75, 3.05) is 12.0 Å². The quantitative estimate of drug-likeness (QED) is 0.484. The number of nitrogens with one attached hydrogen (secondary N) is 2. The SMILES string of the molecule is CSCCC(NC(=O)CC1NC(=O)N(Cc2ccco2)C1=O)c1nnc2ccccn12. The number of pyridine rings is 1. The van der Waals surface area contributed by atoms with E-state index in [1.165, 1.54) is 6.26 Å². The topological polar surface area (TPSA) is 122 Å². The van der Waals surface area contributed by atoms with Gasteiger partial charge >= 0.3 is 6.03 Å². The van der Waals surface area contributed by atoms with E-state index in [1.54, 1.807) is 23.9 Å². The maximum absolute atomic E-state index is 12.8. The highest BCUT2D eigenvalue weighted by Crippen LogP contribution is 2.20. The Bertz CT molecular complexity index is 1080. The first kappa shape index (κ1) is 20.9. The van der Waals surface area contributed by atoms with Crippen LogP contribution in [-0.4, -0.2) is 55.4 Å². The fraction of sp³-hybridized carbons (Fsp3) is 0.350. The highest BCUT2D eigenvalue weighted by Gasteiger charge is 2.39.